The van der Waals surface area contributed by atoms with Gasteiger partial charge in [0.1, 0.15) is 16.6 Å². The van der Waals surface area contributed by atoms with E-state index in [4.69, 9.17) is 22.1 Å². The number of piperazine rings is 1. The van der Waals surface area contributed by atoms with Crippen LogP contribution in [-0.2, 0) is 0 Å². The van der Waals surface area contributed by atoms with Gasteiger partial charge in [0, 0.05) is 57.1 Å². The third-order valence-corrected chi connectivity index (χ3v) is 6.38. The van der Waals surface area contributed by atoms with Crippen molar-refractivity contribution < 1.29 is 4.74 Å². The summed E-state index contributed by atoms with van der Waals surface area (Å²) >= 11 is 5.90. The monoisotopic (exact) mass is 431 g/mol. The average Bonchev–Trinajstić information content (AvgIpc) is 2.77. The lowest BCUT2D eigenvalue weighted by Crippen LogP contribution is -2.52. The fourth-order valence-corrected chi connectivity index (χ4v) is 4.31. The summed E-state index contributed by atoms with van der Waals surface area (Å²) in [5, 5.41) is 3.50. The Hall–Kier alpha value is -2.29. The van der Waals surface area contributed by atoms with Gasteiger partial charge in [-0.3, -0.25) is 4.90 Å². The van der Waals surface area contributed by atoms with Gasteiger partial charge in [-0.25, -0.2) is 4.98 Å². The van der Waals surface area contributed by atoms with Gasteiger partial charge in [0.2, 0.25) is 5.95 Å². The molecule has 3 heterocycles. The minimum atomic E-state index is 0.243. The Balaban J connectivity index is 1.40. The van der Waals surface area contributed by atoms with Crippen LogP contribution in [0.4, 0.5) is 23.1 Å². The van der Waals surface area contributed by atoms with Crippen LogP contribution in [0.5, 0.6) is 5.75 Å². The molecule has 0 unspecified atom stereocenters. The molecule has 0 amide bonds. The molecule has 2 saturated heterocycles. The van der Waals surface area contributed by atoms with Gasteiger partial charge in [-0.2, -0.15) is 4.98 Å². The topological polar surface area (TPSA) is 82.8 Å². The standard InChI is InChI=1S/C21H30ClN7O/c1-27-9-11-29(12-10-27)15-5-7-28(8-6-15)16-3-4-18(19(13-16)30-2)25-21-24-14-17(22)20(23)26-21/h3-4,13-15H,5-12H2,1-2H3,(H3,23,24,25,26). The van der Waals surface area contributed by atoms with Crippen molar-refractivity contribution in [2.45, 2.75) is 18.9 Å². The zero-order valence-corrected chi connectivity index (χ0v) is 18.4. The minimum absolute atomic E-state index is 0.243. The number of piperidine rings is 1. The highest BCUT2D eigenvalue weighted by Crippen LogP contribution is 2.33. The van der Waals surface area contributed by atoms with Gasteiger partial charge in [0.25, 0.3) is 0 Å². The van der Waals surface area contributed by atoms with Gasteiger partial charge >= 0.3 is 0 Å². The SMILES string of the molecule is COc1cc(N2CCC(N3CCN(C)CC3)CC2)ccc1Nc1ncc(Cl)c(N)n1. The Morgan fingerprint density at radius 2 is 1.87 bits per heavy atom. The summed E-state index contributed by atoms with van der Waals surface area (Å²) in [5.41, 5.74) is 7.73. The molecule has 0 radical (unpaired) electrons. The maximum absolute atomic E-state index is 5.90. The number of likely N-dealkylation sites (N-methyl/N-ethyl adjacent to an activating group) is 1. The predicted molar refractivity (Wildman–Crippen MR) is 122 cm³/mol. The number of methoxy groups -OCH3 is 1. The molecule has 0 aliphatic carbocycles. The lowest BCUT2D eigenvalue weighted by molar-refractivity contribution is 0.0982. The molecule has 2 aromatic rings. The van der Waals surface area contributed by atoms with Crippen molar-refractivity contribution in [1.82, 2.24) is 19.8 Å². The molecule has 3 N–H and O–H groups in total. The van der Waals surface area contributed by atoms with Crippen molar-refractivity contribution in [3.05, 3.63) is 29.4 Å². The number of nitrogens with one attached hydrogen (secondary N) is 1. The second kappa shape index (κ2) is 9.24. The quantitative estimate of drug-likeness (QED) is 0.747. The van der Waals surface area contributed by atoms with E-state index in [0.717, 1.165) is 24.5 Å². The summed E-state index contributed by atoms with van der Waals surface area (Å²) in [6.07, 6.45) is 3.88. The number of benzene rings is 1. The number of rotatable bonds is 5. The molecular formula is C21H30ClN7O. The van der Waals surface area contributed by atoms with Crippen molar-refractivity contribution in [1.29, 1.82) is 0 Å². The maximum Gasteiger partial charge on any atom is 0.229 e. The van der Waals surface area contributed by atoms with E-state index in [1.165, 1.54) is 50.9 Å². The number of hydrogen-bond donors (Lipinski definition) is 2. The first-order valence-electron chi connectivity index (χ1n) is 10.4. The molecule has 0 spiro atoms. The molecule has 2 aliphatic rings. The Morgan fingerprint density at radius 3 is 2.53 bits per heavy atom. The zero-order valence-electron chi connectivity index (χ0n) is 17.6. The third-order valence-electron chi connectivity index (χ3n) is 6.09. The highest BCUT2D eigenvalue weighted by Gasteiger charge is 2.27. The molecule has 1 aromatic carbocycles. The second-order valence-corrected chi connectivity index (χ2v) is 8.40. The van der Waals surface area contributed by atoms with Crippen LogP contribution in [-0.4, -0.2) is 79.2 Å². The normalized spacial score (nSPS) is 19.1. The van der Waals surface area contributed by atoms with E-state index in [1.807, 2.05) is 6.07 Å². The molecule has 0 bridgehead atoms. The first-order valence-corrected chi connectivity index (χ1v) is 10.8. The van der Waals surface area contributed by atoms with Gasteiger partial charge in [-0.15, -0.1) is 0 Å². The summed E-state index contributed by atoms with van der Waals surface area (Å²) in [7, 11) is 3.88. The van der Waals surface area contributed by atoms with Crippen molar-refractivity contribution >= 4 is 34.7 Å². The molecule has 2 aliphatic heterocycles. The Kier molecular flexibility index (Phi) is 6.46. The summed E-state index contributed by atoms with van der Waals surface area (Å²) in [4.78, 5) is 15.9. The Morgan fingerprint density at radius 1 is 1.13 bits per heavy atom. The van der Waals surface area contributed by atoms with Crippen molar-refractivity contribution in [2.75, 3.05) is 69.4 Å². The van der Waals surface area contributed by atoms with E-state index in [-0.39, 0.29) is 5.82 Å². The third kappa shape index (κ3) is 4.71. The van der Waals surface area contributed by atoms with Crippen LogP contribution in [0.25, 0.3) is 0 Å². The number of anilines is 4. The summed E-state index contributed by atoms with van der Waals surface area (Å²) < 4.78 is 5.61. The molecule has 0 atom stereocenters. The van der Waals surface area contributed by atoms with Gasteiger partial charge in [0.05, 0.1) is 19.0 Å². The summed E-state index contributed by atoms with van der Waals surface area (Å²) in [5.74, 6) is 1.37. The number of halogens is 1. The van der Waals surface area contributed by atoms with E-state index in [1.54, 1.807) is 7.11 Å². The Labute approximate surface area is 183 Å². The number of nitrogens with two attached hydrogens (primary N) is 1. The zero-order chi connectivity index (χ0) is 21.1. The number of hydrogen-bond acceptors (Lipinski definition) is 8. The summed E-state index contributed by atoms with van der Waals surface area (Å²) in [6, 6.07) is 6.87. The molecule has 4 rings (SSSR count). The highest BCUT2D eigenvalue weighted by molar-refractivity contribution is 6.32. The largest absolute Gasteiger partial charge is 0.494 e. The van der Waals surface area contributed by atoms with Crippen LogP contribution in [0.15, 0.2) is 24.4 Å². The van der Waals surface area contributed by atoms with Gasteiger partial charge < -0.3 is 25.6 Å². The van der Waals surface area contributed by atoms with Gasteiger partial charge in [-0.05, 0) is 32.0 Å². The molecule has 9 heteroatoms. The molecular weight excluding hydrogens is 402 g/mol. The first-order chi connectivity index (χ1) is 14.5. The lowest BCUT2D eigenvalue weighted by Gasteiger charge is -2.42. The van der Waals surface area contributed by atoms with Gasteiger partial charge in [0.15, 0.2) is 0 Å². The molecule has 0 saturated carbocycles. The van der Waals surface area contributed by atoms with Gasteiger partial charge in [-0.1, -0.05) is 11.6 Å². The van der Waals surface area contributed by atoms with Crippen molar-refractivity contribution in [3.63, 3.8) is 0 Å². The maximum atomic E-state index is 5.90. The minimum Gasteiger partial charge on any atom is -0.494 e. The van der Waals surface area contributed by atoms with Crippen LogP contribution < -0.4 is 20.7 Å². The average molecular weight is 432 g/mol. The number of ether oxygens (including phenoxy) is 1. The van der Waals surface area contributed by atoms with Crippen LogP contribution in [0.1, 0.15) is 12.8 Å². The predicted octanol–water partition coefficient (Wildman–Crippen LogP) is 2.68. The van der Waals surface area contributed by atoms with E-state index >= 15 is 0 Å². The number of nitrogens with zero attached hydrogens (tertiary/aromatic N) is 5. The number of nitrogen functional groups attached to an aromatic ring is 1. The first kappa shape index (κ1) is 21.0. The highest BCUT2D eigenvalue weighted by atomic mass is 35.5. The fraction of sp³-hybridized carbons (Fsp3) is 0.524. The van der Waals surface area contributed by atoms with E-state index in [2.05, 4.69) is 49.2 Å². The molecule has 162 valence electrons. The fourth-order valence-electron chi connectivity index (χ4n) is 4.22. The van der Waals surface area contributed by atoms with Crippen molar-refractivity contribution in [3.8, 4) is 5.75 Å². The van der Waals surface area contributed by atoms with E-state index < -0.39 is 0 Å². The molecule has 8 nitrogen and oxygen atoms in total. The van der Waals surface area contributed by atoms with Crippen LogP contribution in [0, 0.1) is 0 Å². The molecule has 1 aromatic heterocycles. The number of aromatic nitrogens is 2. The Bertz CT molecular complexity index is 864. The molecule has 2 fully saturated rings. The van der Waals surface area contributed by atoms with Crippen LogP contribution >= 0.6 is 11.6 Å². The van der Waals surface area contributed by atoms with E-state index in [0.29, 0.717) is 17.0 Å². The smallest absolute Gasteiger partial charge is 0.229 e. The van der Waals surface area contributed by atoms with Crippen molar-refractivity contribution in [2.24, 2.45) is 0 Å². The second-order valence-electron chi connectivity index (χ2n) is 7.99. The van der Waals surface area contributed by atoms with Crippen LogP contribution in [0.3, 0.4) is 0 Å². The lowest BCUT2D eigenvalue weighted by atomic mass is 10.0. The molecule has 30 heavy (non-hydrogen) atoms. The van der Waals surface area contributed by atoms with E-state index in [9.17, 15) is 0 Å². The van der Waals surface area contributed by atoms with Crippen LogP contribution in [0.2, 0.25) is 5.02 Å². The summed E-state index contributed by atoms with van der Waals surface area (Å²) in [6.45, 7) is 6.84.